The van der Waals surface area contributed by atoms with Crippen molar-refractivity contribution in [1.29, 1.82) is 0 Å². The fourth-order valence-corrected chi connectivity index (χ4v) is 2.83. The van der Waals surface area contributed by atoms with Crippen LogP contribution in [-0.2, 0) is 4.79 Å². The zero-order valence-corrected chi connectivity index (χ0v) is 11.6. The molecule has 0 aliphatic heterocycles. The molecule has 0 bridgehead atoms. The Morgan fingerprint density at radius 1 is 1.38 bits per heavy atom. The van der Waals surface area contributed by atoms with Crippen molar-refractivity contribution in [2.24, 2.45) is 11.8 Å². The minimum absolute atomic E-state index is 0.0724. The van der Waals surface area contributed by atoms with Crippen molar-refractivity contribution in [2.45, 2.75) is 33.6 Å². The summed E-state index contributed by atoms with van der Waals surface area (Å²) in [5.74, 6) is 3.67. The van der Waals surface area contributed by atoms with Crippen LogP contribution in [0.25, 0.3) is 0 Å². The molecule has 0 aromatic heterocycles. The first-order valence-corrected chi connectivity index (χ1v) is 7.27. The summed E-state index contributed by atoms with van der Waals surface area (Å²) in [6, 6.07) is 0. The van der Waals surface area contributed by atoms with Gasteiger partial charge in [-0.25, -0.2) is 0 Å². The molecule has 1 atom stereocenters. The van der Waals surface area contributed by atoms with Crippen LogP contribution in [0.4, 0.5) is 0 Å². The maximum Gasteiger partial charge on any atom is 0.243 e. The van der Waals surface area contributed by atoms with Crippen molar-refractivity contribution in [1.82, 2.24) is 5.32 Å². The molecule has 1 N–H and O–H groups in total. The molecule has 1 unspecified atom stereocenters. The van der Waals surface area contributed by atoms with E-state index in [2.05, 4.69) is 32.7 Å². The Morgan fingerprint density at radius 3 is 2.50 bits per heavy atom. The lowest BCUT2D eigenvalue weighted by Gasteiger charge is -2.15. The number of thioether (sulfide) groups is 1. The third-order valence-corrected chi connectivity index (χ3v) is 4.23. The molecule has 0 aliphatic carbocycles. The minimum Gasteiger partial charge on any atom is -0.352 e. The molecule has 0 aromatic carbocycles. The lowest BCUT2D eigenvalue weighted by Crippen LogP contribution is -2.27. The Labute approximate surface area is 104 Å². The van der Waals surface area contributed by atoms with Crippen molar-refractivity contribution in [3.05, 3.63) is 12.7 Å². The fourth-order valence-electron chi connectivity index (χ4n) is 1.37. The Bertz CT molecular complexity index is 202. The van der Waals surface area contributed by atoms with Gasteiger partial charge in [0.1, 0.15) is 0 Å². The molecule has 0 aromatic rings. The number of hydrogen-bond acceptors (Lipinski definition) is 2. The molecular weight excluding hydrogens is 218 g/mol. The molecule has 2 nitrogen and oxygen atoms in total. The standard InChI is InChI=1S/C13H25NOS/c1-5-12(6-2)10-16-9-11(4)8-14-13(15)7-3/h7,11-12H,3,5-6,8-10H2,1-2,4H3,(H,14,15). The monoisotopic (exact) mass is 243 g/mol. The van der Waals surface area contributed by atoms with Crippen LogP contribution < -0.4 is 5.32 Å². The van der Waals surface area contributed by atoms with Gasteiger partial charge in [-0.1, -0.05) is 40.2 Å². The van der Waals surface area contributed by atoms with E-state index in [0.29, 0.717) is 5.92 Å². The molecule has 3 heteroatoms. The van der Waals surface area contributed by atoms with E-state index in [0.717, 1.165) is 18.2 Å². The van der Waals surface area contributed by atoms with Crippen LogP contribution in [0.5, 0.6) is 0 Å². The molecular formula is C13H25NOS. The summed E-state index contributed by atoms with van der Waals surface area (Å²) >= 11 is 2.00. The quantitative estimate of drug-likeness (QED) is 0.631. The van der Waals surface area contributed by atoms with Crippen LogP contribution >= 0.6 is 11.8 Å². The smallest absolute Gasteiger partial charge is 0.243 e. The minimum atomic E-state index is -0.0724. The molecule has 0 fully saturated rings. The third kappa shape index (κ3) is 7.80. The van der Waals surface area contributed by atoms with Gasteiger partial charge in [-0.15, -0.1) is 0 Å². The number of hydrogen-bond donors (Lipinski definition) is 1. The van der Waals surface area contributed by atoms with Gasteiger partial charge < -0.3 is 5.32 Å². The van der Waals surface area contributed by atoms with Gasteiger partial charge in [-0.3, -0.25) is 4.79 Å². The van der Waals surface area contributed by atoms with Crippen LogP contribution in [0.3, 0.4) is 0 Å². The number of carbonyl (C=O) groups is 1. The molecule has 0 spiro atoms. The summed E-state index contributed by atoms with van der Waals surface area (Å²) in [6.07, 6.45) is 3.86. The number of rotatable bonds is 9. The van der Waals surface area contributed by atoms with Crippen LogP contribution in [-0.4, -0.2) is 24.0 Å². The van der Waals surface area contributed by atoms with Gasteiger partial charge in [0.15, 0.2) is 0 Å². The lowest BCUT2D eigenvalue weighted by atomic mass is 10.1. The molecule has 0 radical (unpaired) electrons. The highest BCUT2D eigenvalue weighted by Gasteiger charge is 2.07. The first kappa shape index (κ1) is 15.6. The molecule has 0 aliphatic rings. The van der Waals surface area contributed by atoms with Crippen LogP contribution in [0.15, 0.2) is 12.7 Å². The first-order chi connectivity index (χ1) is 7.63. The van der Waals surface area contributed by atoms with Crippen molar-refractivity contribution in [2.75, 3.05) is 18.1 Å². The van der Waals surface area contributed by atoms with Crippen molar-refractivity contribution in [3.8, 4) is 0 Å². The number of amides is 1. The lowest BCUT2D eigenvalue weighted by molar-refractivity contribution is -0.116. The second-order valence-corrected chi connectivity index (χ2v) is 5.35. The first-order valence-electron chi connectivity index (χ1n) is 6.11. The van der Waals surface area contributed by atoms with Gasteiger partial charge in [-0.2, -0.15) is 11.8 Å². The largest absolute Gasteiger partial charge is 0.352 e. The fraction of sp³-hybridized carbons (Fsp3) is 0.769. The Hall–Kier alpha value is -0.440. The molecule has 0 heterocycles. The Balaban J connectivity index is 3.53. The summed E-state index contributed by atoms with van der Waals surface area (Å²) < 4.78 is 0. The van der Waals surface area contributed by atoms with E-state index in [1.54, 1.807) is 0 Å². The molecule has 0 saturated heterocycles. The molecule has 1 amide bonds. The van der Waals surface area contributed by atoms with Gasteiger partial charge in [0.05, 0.1) is 0 Å². The number of carbonyl (C=O) groups excluding carboxylic acids is 1. The van der Waals surface area contributed by atoms with Gasteiger partial charge in [0, 0.05) is 6.54 Å². The highest BCUT2D eigenvalue weighted by molar-refractivity contribution is 7.99. The van der Waals surface area contributed by atoms with Crippen LogP contribution in [0.2, 0.25) is 0 Å². The second-order valence-electron chi connectivity index (χ2n) is 4.27. The number of nitrogens with one attached hydrogen (secondary N) is 1. The van der Waals surface area contributed by atoms with E-state index >= 15 is 0 Å². The summed E-state index contributed by atoms with van der Waals surface area (Å²) in [7, 11) is 0. The maximum atomic E-state index is 11.0. The summed E-state index contributed by atoms with van der Waals surface area (Å²) in [4.78, 5) is 11.0. The summed E-state index contributed by atoms with van der Waals surface area (Å²) in [5.41, 5.74) is 0. The van der Waals surface area contributed by atoms with Crippen molar-refractivity contribution >= 4 is 17.7 Å². The zero-order valence-electron chi connectivity index (χ0n) is 10.8. The van der Waals surface area contributed by atoms with Crippen molar-refractivity contribution < 1.29 is 4.79 Å². The topological polar surface area (TPSA) is 29.1 Å². The average molecular weight is 243 g/mol. The van der Waals surface area contributed by atoms with E-state index in [1.165, 1.54) is 24.7 Å². The van der Waals surface area contributed by atoms with Gasteiger partial charge in [0.25, 0.3) is 0 Å². The summed E-state index contributed by atoms with van der Waals surface area (Å²) in [5, 5.41) is 2.83. The SMILES string of the molecule is C=CC(=O)NCC(C)CSCC(CC)CC. The maximum absolute atomic E-state index is 11.0. The van der Waals surface area contributed by atoms with Crippen LogP contribution in [0.1, 0.15) is 33.6 Å². The van der Waals surface area contributed by atoms with Crippen LogP contribution in [0, 0.1) is 11.8 Å². The Kier molecular flexibility index (Phi) is 9.49. The van der Waals surface area contributed by atoms with E-state index in [4.69, 9.17) is 0 Å². The zero-order chi connectivity index (χ0) is 12.4. The predicted octanol–water partition coefficient (Wildman–Crippen LogP) is 3.09. The summed E-state index contributed by atoms with van der Waals surface area (Å²) in [6.45, 7) is 10.9. The predicted molar refractivity (Wildman–Crippen MR) is 73.8 cm³/mol. The van der Waals surface area contributed by atoms with Crippen molar-refractivity contribution in [3.63, 3.8) is 0 Å². The average Bonchev–Trinajstić information content (AvgIpc) is 2.31. The van der Waals surface area contributed by atoms with Gasteiger partial charge in [0.2, 0.25) is 5.91 Å². The van der Waals surface area contributed by atoms with E-state index in [-0.39, 0.29) is 5.91 Å². The van der Waals surface area contributed by atoms with E-state index in [9.17, 15) is 4.79 Å². The second kappa shape index (κ2) is 9.76. The van der Waals surface area contributed by atoms with Gasteiger partial charge >= 0.3 is 0 Å². The Morgan fingerprint density at radius 2 is 2.00 bits per heavy atom. The van der Waals surface area contributed by atoms with E-state index in [1.807, 2.05) is 11.8 Å². The highest BCUT2D eigenvalue weighted by atomic mass is 32.2. The molecule has 0 saturated carbocycles. The molecule has 0 rings (SSSR count). The highest BCUT2D eigenvalue weighted by Crippen LogP contribution is 2.17. The molecule has 16 heavy (non-hydrogen) atoms. The van der Waals surface area contributed by atoms with E-state index < -0.39 is 0 Å². The molecule has 94 valence electrons. The normalized spacial score (nSPS) is 12.5. The third-order valence-electron chi connectivity index (χ3n) is 2.72. The van der Waals surface area contributed by atoms with Gasteiger partial charge in [-0.05, 0) is 29.4 Å².